The summed E-state index contributed by atoms with van der Waals surface area (Å²) in [7, 11) is 0. The smallest absolute Gasteiger partial charge is 0.365 e. The molecule has 1 N–H and O–H groups in total. The van der Waals surface area contributed by atoms with Crippen LogP contribution < -0.4 is 0 Å². The Bertz CT molecular complexity index is 231. The summed E-state index contributed by atoms with van der Waals surface area (Å²) in [5.74, 6) is -0.259. The highest BCUT2D eigenvalue weighted by atomic mass is 32.1. The van der Waals surface area contributed by atoms with Crippen LogP contribution in [0, 0.1) is 10.1 Å². The Balaban J connectivity index is 3.08. The first kappa shape index (κ1) is 6.03. The highest BCUT2D eigenvalue weighted by Crippen LogP contribution is 2.30. The van der Waals surface area contributed by atoms with Gasteiger partial charge in [0.1, 0.15) is 0 Å². The lowest BCUT2D eigenvalue weighted by Gasteiger charge is -1.82. The van der Waals surface area contributed by atoms with Crippen molar-refractivity contribution in [1.29, 1.82) is 0 Å². The van der Waals surface area contributed by atoms with E-state index < -0.39 is 4.92 Å². The second-order valence-electron chi connectivity index (χ2n) is 1.37. The van der Waals surface area contributed by atoms with Crippen LogP contribution in [0.15, 0.2) is 11.4 Å². The van der Waals surface area contributed by atoms with Gasteiger partial charge in [-0.3, -0.25) is 10.1 Å². The summed E-state index contributed by atoms with van der Waals surface area (Å²) >= 11 is 0.909. The van der Waals surface area contributed by atoms with Gasteiger partial charge in [0.2, 0.25) is 5.75 Å². The minimum atomic E-state index is -0.611. The Morgan fingerprint density at radius 3 is 2.67 bits per heavy atom. The first-order valence-electron chi connectivity index (χ1n) is 2.12. The Kier molecular flexibility index (Phi) is 1.35. The van der Waals surface area contributed by atoms with Crippen LogP contribution in [0.4, 0.5) is 5.00 Å². The number of hydrogen-bond donors (Lipinski definition) is 1. The summed E-state index contributed by atoms with van der Waals surface area (Å²) in [5.41, 5.74) is 0. The van der Waals surface area contributed by atoms with Crippen LogP contribution in [0.1, 0.15) is 0 Å². The fourth-order valence-corrected chi connectivity index (χ4v) is 1.03. The molecule has 1 heterocycles. The molecule has 0 aromatic carbocycles. The predicted octanol–water partition coefficient (Wildman–Crippen LogP) is 1.36. The summed E-state index contributed by atoms with van der Waals surface area (Å²) in [4.78, 5) is 9.33. The molecule has 1 aromatic heterocycles. The van der Waals surface area contributed by atoms with Gasteiger partial charge < -0.3 is 5.11 Å². The number of nitro groups is 1. The standard InChI is InChI=1S/C4H3NO3S/c6-3-1-2-9-4(3)5(7)8/h1-2,6H. The van der Waals surface area contributed by atoms with Crippen molar-refractivity contribution in [2.24, 2.45) is 0 Å². The SMILES string of the molecule is O=[N+]([O-])c1sccc1O. The van der Waals surface area contributed by atoms with Crippen LogP contribution in [-0.2, 0) is 0 Å². The molecule has 1 aromatic rings. The quantitative estimate of drug-likeness (QED) is 0.479. The van der Waals surface area contributed by atoms with E-state index in [0.717, 1.165) is 11.3 Å². The molecule has 0 unspecified atom stereocenters. The van der Waals surface area contributed by atoms with E-state index in [-0.39, 0.29) is 10.8 Å². The van der Waals surface area contributed by atoms with Gasteiger partial charge in [-0.2, -0.15) is 0 Å². The summed E-state index contributed by atoms with van der Waals surface area (Å²) in [6, 6.07) is 1.29. The summed E-state index contributed by atoms with van der Waals surface area (Å²) in [5, 5.41) is 19.9. The number of rotatable bonds is 1. The first-order chi connectivity index (χ1) is 4.22. The molecule has 48 valence electrons. The molecule has 0 aliphatic heterocycles. The molecule has 5 heteroatoms. The third kappa shape index (κ3) is 0.996. The Morgan fingerprint density at radius 1 is 1.78 bits per heavy atom. The van der Waals surface area contributed by atoms with Crippen molar-refractivity contribution >= 4 is 16.3 Å². The lowest BCUT2D eigenvalue weighted by molar-refractivity contribution is -0.381. The Morgan fingerprint density at radius 2 is 2.44 bits per heavy atom. The zero-order valence-electron chi connectivity index (χ0n) is 4.27. The number of aromatic hydroxyl groups is 1. The van der Waals surface area contributed by atoms with Gasteiger partial charge in [-0.1, -0.05) is 11.3 Å². The molecular weight excluding hydrogens is 142 g/mol. The number of thiophene rings is 1. The predicted molar refractivity (Wildman–Crippen MR) is 32.6 cm³/mol. The van der Waals surface area contributed by atoms with Crippen molar-refractivity contribution in [2.75, 3.05) is 0 Å². The molecule has 9 heavy (non-hydrogen) atoms. The average Bonchev–Trinajstić information content (AvgIpc) is 2.13. The fourth-order valence-electron chi connectivity index (χ4n) is 0.431. The van der Waals surface area contributed by atoms with Crippen LogP contribution in [0.5, 0.6) is 5.75 Å². The summed E-state index contributed by atoms with van der Waals surface area (Å²) in [6.45, 7) is 0. The average molecular weight is 145 g/mol. The molecule has 4 nitrogen and oxygen atoms in total. The topological polar surface area (TPSA) is 63.4 Å². The minimum absolute atomic E-state index is 0.199. The van der Waals surface area contributed by atoms with E-state index in [9.17, 15) is 10.1 Å². The van der Waals surface area contributed by atoms with Crippen LogP contribution in [0.3, 0.4) is 0 Å². The number of hydrogen-bond acceptors (Lipinski definition) is 4. The summed E-state index contributed by atoms with van der Waals surface area (Å²) < 4.78 is 0. The van der Waals surface area contributed by atoms with Crippen molar-refractivity contribution in [1.82, 2.24) is 0 Å². The normalized spacial score (nSPS) is 9.33. The maximum Gasteiger partial charge on any atom is 0.365 e. The van der Waals surface area contributed by atoms with Crippen molar-refractivity contribution in [3.05, 3.63) is 21.6 Å². The van der Waals surface area contributed by atoms with E-state index in [2.05, 4.69) is 0 Å². The molecular formula is C4H3NO3S. The van der Waals surface area contributed by atoms with Gasteiger partial charge in [-0.05, 0) is 6.07 Å². The van der Waals surface area contributed by atoms with Gasteiger partial charge in [0, 0.05) is 5.38 Å². The van der Waals surface area contributed by atoms with Gasteiger partial charge in [0.05, 0.1) is 4.92 Å². The van der Waals surface area contributed by atoms with Gasteiger partial charge in [0.25, 0.3) is 0 Å². The minimum Gasteiger partial charge on any atom is -0.501 e. The number of nitrogens with zero attached hydrogens (tertiary/aromatic N) is 1. The van der Waals surface area contributed by atoms with Crippen molar-refractivity contribution in [3.63, 3.8) is 0 Å². The van der Waals surface area contributed by atoms with Crippen molar-refractivity contribution in [2.45, 2.75) is 0 Å². The third-order valence-electron chi connectivity index (χ3n) is 0.791. The van der Waals surface area contributed by atoms with Crippen LogP contribution >= 0.6 is 11.3 Å². The zero-order valence-corrected chi connectivity index (χ0v) is 5.09. The molecule has 0 aliphatic carbocycles. The van der Waals surface area contributed by atoms with E-state index in [0.29, 0.717) is 0 Å². The van der Waals surface area contributed by atoms with E-state index in [1.807, 2.05) is 0 Å². The van der Waals surface area contributed by atoms with E-state index in [1.165, 1.54) is 11.4 Å². The fraction of sp³-hybridized carbons (Fsp3) is 0. The molecule has 0 saturated heterocycles. The molecule has 0 spiro atoms. The largest absolute Gasteiger partial charge is 0.501 e. The Hall–Kier alpha value is -1.10. The molecule has 0 aliphatic rings. The van der Waals surface area contributed by atoms with Crippen molar-refractivity contribution in [3.8, 4) is 5.75 Å². The molecule has 0 fully saturated rings. The van der Waals surface area contributed by atoms with Gasteiger partial charge >= 0.3 is 5.00 Å². The maximum absolute atomic E-state index is 9.94. The zero-order chi connectivity index (χ0) is 6.85. The summed E-state index contributed by atoms with van der Waals surface area (Å²) in [6.07, 6.45) is 0. The highest BCUT2D eigenvalue weighted by molar-refractivity contribution is 7.13. The van der Waals surface area contributed by atoms with Crippen LogP contribution in [-0.4, -0.2) is 10.0 Å². The Labute approximate surface area is 54.5 Å². The van der Waals surface area contributed by atoms with Crippen LogP contribution in [0.25, 0.3) is 0 Å². The molecule has 0 bridgehead atoms. The third-order valence-corrected chi connectivity index (χ3v) is 1.64. The first-order valence-corrected chi connectivity index (χ1v) is 3.00. The molecule has 1 rings (SSSR count). The monoisotopic (exact) mass is 145 g/mol. The molecule has 0 atom stereocenters. The lowest BCUT2D eigenvalue weighted by Crippen LogP contribution is -1.81. The lowest BCUT2D eigenvalue weighted by atomic mass is 10.6. The van der Waals surface area contributed by atoms with Gasteiger partial charge in [0.15, 0.2) is 0 Å². The van der Waals surface area contributed by atoms with Crippen molar-refractivity contribution < 1.29 is 10.0 Å². The second kappa shape index (κ2) is 2.02. The second-order valence-corrected chi connectivity index (χ2v) is 2.26. The van der Waals surface area contributed by atoms with Crippen LogP contribution in [0.2, 0.25) is 0 Å². The van der Waals surface area contributed by atoms with Gasteiger partial charge in [-0.25, -0.2) is 0 Å². The molecule has 0 radical (unpaired) electrons. The molecule has 0 saturated carbocycles. The maximum atomic E-state index is 9.94. The van der Waals surface area contributed by atoms with E-state index in [4.69, 9.17) is 5.11 Å². The van der Waals surface area contributed by atoms with Gasteiger partial charge in [-0.15, -0.1) is 0 Å². The highest BCUT2D eigenvalue weighted by Gasteiger charge is 2.12. The van der Waals surface area contributed by atoms with E-state index in [1.54, 1.807) is 0 Å². The molecule has 0 amide bonds. The van der Waals surface area contributed by atoms with E-state index >= 15 is 0 Å².